The molecule has 0 bridgehead atoms. The lowest BCUT2D eigenvalue weighted by Crippen LogP contribution is -1.96. The average molecular weight is 929 g/mol. The number of benzene rings is 4. The number of nitrogens with zero attached hydrogens (tertiary/aromatic N) is 4. The van der Waals surface area contributed by atoms with E-state index in [-0.39, 0.29) is 11.1 Å². The quantitative estimate of drug-likeness (QED) is 0.166. The summed E-state index contributed by atoms with van der Waals surface area (Å²) in [5.41, 5.74) is 10.3. The molecule has 0 unspecified atom stereocenters. The van der Waals surface area contributed by atoms with Crippen molar-refractivity contribution in [3.63, 3.8) is 0 Å². The third-order valence-corrected chi connectivity index (χ3v) is 18.3. The van der Waals surface area contributed by atoms with Gasteiger partial charge < -0.3 is 0 Å². The van der Waals surface area contributed by atoms with Crippen molar-refractivity contribution in [2.45, 2.75) is 27.7 Å². The monoisotopic (exact) mass is 928 g/mol. The van der Waals surface area contributed by atoms with Gasteiger partial charge in [-0.3, -0.25) is 0 Å². The zero-order chi connectivity index (χ0) is 44.2. The Labute approximate surface area is 393 Å². The predicted octanol–water partition coefficient (Wildman–Crippen LogP) is 13.5. The zero-order valence-electron chi connectivity index (χ0n) is 34.8. The van der Waals surface area contributed by atoms with Crippen LogP contribution in [-0.4, -0.2) is 0 Å². The normalized spacial score (nSPS) is 11.9. The van der Waals surface area contributed by atoms with Gasteiger partial charge >= 0.3 is 0 Å². The number of fused-ring (bicyclic) bond motifs is 5. The summed E-state index contributed by atoms with van der Waals surface area (Å²) in [6, 6.07) is 47.3. The second-order valence-corrected chi connectivity index (χ2v) is 22.0. The van der Waals surface area contributed by atoms with Gasteiger partial charge in [0.15, 0.2) is 0 Å². The molecule has 10 heteroatoms. The predicted molar refractivity (Wildman–Crippen MR) is 275 cm³/mol. The second-order valence-electron chi connectivity index (χ2n) is 15.5. The molecule has 0 aliphatic carbocycles. The van der Waals surface area contributed by atoms with E-state index in [4.69, 9.17) is 0 Å². The second kappa shape index (κ2) is 16.8. The van der Waals surface area contributed by atoms with Gasteiger partial charge in [-0.1, -0.05) is 36.4 Å². The van der Waals surface area contributed by atoms with Gasteiger partial charge in [0.1, 0.15) is 35.4 Å². The molecule has 0 amide bonds. The first kappa shape index (κ1) is 41.3. The third kappa shape index (κ3) is 7.31. The molecule has 6 heterocycles. The van der Waals surface area contributed by atoms with Crippen molar-refractivity contribution in [1.29, 1.82) is 21.0 Å². The number of aryl methyl sites for hydroxylation is 4. The van der Waals surface area contributed by atoms with E-state index in [1.807, 2.05) is 71.2 Å². The SMILES string of the molecule is Cc1cccc(C)c1-c1cc2c(cc(-c3c(C)cccc3C)c3cc(-c4ccc(/C=c5/ccc(=C(C#N)C#N)s5)s4)sc32)c2sc(-c3ccc(/C=c4/ccc(=C(C#N)C#N)s4)s3)cc12. The topological polar surface area (TPSA) is 95.2 Å². The Morgan fingerprint density at radius 3 is 1.17 bits per heavy atom. The van der Waals surface area contributed by atoms with Gasteiger partial charge in [-0.15, -0.1) is 68.0 Å². The number of hydrogen-bond donors (Lipinski definition) is 0. The van der Waals surface area contributed by atoms with Crippen molar-refractivity contribution in [3.05, 3.63) is 159 Å². The summed E-state index contributed by atoms with van der Waals surface area (Å²) in [6.45, 7) is 8.86. The fourth-order valence-corrected chi connectivity index (χ4v) is 14.9. The maximum Gasteiger partial charge on any atom is 0.146 e. The highest BCUT2D eigenvalue weighted by atomic mass is 32.1. The maximum atomic E-state index is 9.40. The van der Waals surface area contributed by atoms with Gasteiger partial charge in [0.2, 0.25) is 0 Å². The van der Waals surface area contributed by atoms with E-state index >= 15 is 0 Å². The van der Waals surface area contributed by atoms with Gasteiger partial charge in [-0.05, 0) is 157 Å². The number of thiophene rings is 6. The molecule has 10 aromatic rings. The highest BCUT2D eigenvalue weighted by molar-refractivity contribution is 7.28. The molecule has 304 valence electrons. The van der Waals surface area contributed by atoms with Crippen molar-refractivity contribution >= 4 is 122 Å². The Balaban J connectivity index is 1.20. The number of rotatable bonds is 6. The van der Waals surface area contributed by atoms with Gasteiger partial charge in [0, 0.05) is 69.3 Å². The molecule has 0 fully saturated rings. The lowest BCUT2D eigenvalue weighted by atomic mass is 9.88. The summed E-state index contributed by atoms with van der Waals surface area (Å²) in [4.78, 5) is 7.04. The number of hydrogen-bond acceptors (Lipinski definition) is 10. The molecule has 0 radical (unpaired) electrons. The fourth-order valence-electron chi connectivity index (χ4n) is 8.50. The van der Waals surface area contributed by atoms with E-state index in [2.05, 4.69) is 125 Å². The highest BCUT2D eigenvalue weighted by Gasteiger charge is 2.22. The molecule has 0 atom stereocenters. The van der Waals surface area contributed by atoms with Crippen molar-refractivity contribution in [2.75, 3.05) is 0 Å². The van der Waals surface area contributed by atoms with Crippen LogP contribution in [0.2, 0.25) is 0 Å². The van der Waals surface area contributed by atoms with Gasteiger partial charge in [0.05, 0.1) is 9.06 Å². The van der Waals surface area contributed by atoms with Crippen LogP contribution in [0.15, 0.2) is 109 Å². The minimum Gasteiger partial charge on any atom is -0.192 e. The Bertz CT molecular complexity index is 3680. The van der Waals surface area contributed by atoms with Gasteiger partial charge in [0.25, 0.3) is 0 Å². The molecule has 0 saturated carbocycles. The Hall–Kier alpha value is -6.70. The van der Waals surface area contributed by atoms with Crippen molar-refractivity contribution in [3.8, 4) is 66.0 Å². The summed E-state index contributed by atoms with van der Waals surface area (Å²) >= 11 is 10.1. The first-order valence-corrected chi connectivity index (χ1v) is 25.1. The van der Waals surface area contributed by atoms with Gasteiger partial charge in [-0.2, -0.15) is 21.0 Å². The van der Waals surface area contributed by atoms with E-state index in [0.717, 1.165) is 18.8 Å². The molecule has 0 aliphatic heterocycles. The average Bonchev–Trinajstić information content (AvgIpc) is 4.14. The highest BCUT2D eigenvalue weighted by Crippen LogP contribution is 2.51. The smallest absolute Gasteiger partial charge is 0.146 e. The van der Waals surface area contributed by atoms with Crippen LogP contribution in [0.3, 0.4) is 0 Å². The lowest BCUT2D eigenvalue weighted by Gasteiger charge is -2.16. The third-order valence-electron chi connectivity index (χ3n) is 11.4. The molecule has 6 aromatic heterocycles. The Morgan fingerprint density at radius 2 is 0.797 bits per heavy atom. The van der Waals surface area contributed by atoms with Crippen molar-refractivity contribution in [1.82, 2.24) is 0 Å². The van der Waals surface area contributed by atoms with Crippen LogP contribution in [-0.2, 0) is 0 Å². The standard InChI is InChI=1S/C54H32N4S6/c1-29-7-5-8-30(2)51(29)39-21-41-42(53-43(39)23-49(63-53)47-17-13-37(61-47)19-35-11-15-45(59-35)33(25-55)26-56)22-40(52-31(3)9-6-10-32(52)4)44-24-50(64-54(41)44)48-18-14-38(62-48)20-36-12-16-46(60-36)34(27-57)28-58/h5-24H,1-4H3/b35-19-,36-20-. The Morgan fingerprint density at radius 1 is 0.406 bits per heavy atom. The first-order chi connectivity index (χ1) is 31.1. The van der Waals surface area contributed by atoms with Gasteiger partial charge in [-0.25, -0.2) is 0 Å². The lowest BCUT2D eigenvalue weighted by molar-refractivity contribution is 1.39. The molecule has 0 saturated heterocycles. The van der Waals surface area contributed by atoms with Crippen LogP contribution in [0.1, 0.15) is 32.0 Å². The molecule has 10 rings (SSSR count). The van der Waals surface area contributed by atoms with Crippen molar-refractivity contribution < 1.29 is 0 Å². The van der Waals surface area contributed by atoms with E-state index in [1.165, 1.54) is 118 Å². The molecule has 0 aliphatic rings. The summed E-state index contributed by atoms with van der Waals surface area (Å²) in [5, 5.41) is 42.6. The van der Waals surface area contributed by atoms with Crippen LogP contribution < -0.4 is 18.1 Å². The Kier molecular flexibility index (Phi) is 10.8. The van der Waals surface area contributed by atoms with Crippen LogP contribution >= 0.6 is 68.0 Å². The summed E-state index contributed by atoms with van der Waals surface area (Å²) in [6.07, 6.45) is 4.27. The van der Waals surface area contributed by atoms with Crippen LogP contribution in [0, 0.1) is 73.0 Å². The van der Waals surface area contributed by atoms with E-state index < -0.39 is 0 Å². The van der Waals surface area contributed by atoms with E-state index in [0.29, 0.717) is 9.06 Å². The summed E-state index contributed by atoms with van der Waals surface area (Å²) in [5.74, 6) is 0. The van der Waals surface area contributed by atoms with Crippen LogP contribution in [0.5, 0.6) is 0 Å². The largest absolute Gasteiger partial charge is 0.192 e. The maximum absolute atomic E-state index is 9.40. The first-order valence-electron chi connectivity index (χ1n) is 20.2. The summed E-state index contributed by atoms with van der Waals surface area (Å²) < 4.78 is 5.91. The van der Waals surface area contributed by atoms with Crippen molar-refractivity contribution in [2.24, 2.45) is 0 Å². The summed E-state index contributed by atoms with van der Waals surface area (Å²) in [7, 11) is 0. The van der Waals surface area contributed by atoms with Crippen LogP contribution in [0.4, 0.5) is 0 Å². The number of nitriles is 4. The molecular formula is C54H32N4S6. The molecule has 0 N–H and O–H groups in total. The molecule has 4 aromatic carbocycles. The minimum atomic E-state index is 0.138. The molecule has 64 heavy (non-hydrogen) atoms. The van der Waals surface area contributed by atoms with E-state index in [9.17, 15) is 21.0 Å². The molecule has 4 nitrogen and oxygen atoms in total. The zero-order valence-corrected chi connectivity index (χ0v) is 39.7. The molecule has 0 spiro atoms. The molecular weight excluding hydrogens is 897 g/mol. The minimum absolute atomic E-state index is 0.138. The van der Waals surface area contributed by atoms with E-state index in [1.54, 1.807) is 22.7 Å². The fraction of sp³-hybridized carbons (Fsp3) is 0.0741. The van der Waals surface area contributed by atoms with Crippen LogP contribution in [0.25, 0.3) is 96.0 Å².